The Labute approximate surface area is 305 Å². The van der Waals surface area contributed by atoms with E-state index in [1.54, 1.807) is 0 Å². The molecule has 8 nitrogen and oxygen atoms in total. The second-order valence-electron chi connectivity index (χ2n) is 12.8. The second kappa shape index (κ2) is 13.1. The minimum atomic E-state index is 0.543. The SMILES string of the molecule is Cc1nc(C)nc(-c2ccc3c(c2)c2ccccc2n3-c2ccc(-c3ccc(C#N)cc3)cc2-c2nc(-c3ccccc3)nc(-c3ccccc3)n2)n1. The Balaban J connectivity index is 1.33. The normalized spacial score (nSPS) is 11.2. The van der Waals surface area contributed by atoms with Crippen LogP contribution in [-0.4, -0.2) is 34.5 Å². The number of rotatable bonds is 6. The minimum absolute atomic E-state index is 0.543. The molecule has 0 aliphatic rings. The molecule has 0 spiro atoms. The summed E-state index contributed by atoms with van der Waals surface area (Å²) in [7, 11) is 0. The van der Waals surface area contributed by atoms with E-state index >= 15 is 0 Å². The fourth-order valence-corrected chi connectivity index (χ4v) is 6.87. The highest BCUT2D eigenvalue weighted by molar-refractivity contribution is 6.10. The van der Waals surface area contributed by atoms with E-state index in [0.29, 0.717) is 40.5 Å². The number of hydrogen-bond acceptors (Lipinski definition) is 7. The fraction of sp³-hybridized carbons (Fsp3) is 0.0444. The second-order valence-corrected chi connectivity index (χ2v) is 12.8. The van der Waals surface area contributed by atoms with E-state index in [0.717, 1.165) is 60.9 Å². The topological polar surface area (TPSA) is 106 Å². The molecule has 9 rings (SSSR count). The maximum absolute atomic E-state index is 9.47. The van der Waals surface area contributed by atoms with Crippen molar-refractivity contribution >= 4 is 21.8 Å². The number of nitriles is 1. The molecule has 3 heterocycles. The highest BCUT2D eigenvalue weighted by Gasteiger charge is 2.21. The standard InChI is InChI=1S/C45H30N8/c1-28-47-29(2)49-44(48-28)35-22-24-40-37(26-35)36-15-9-10-16-39(36)53(40)41-23-21-34(31-19-17-30(27-46)18-20-31)25-38(41)45-51-42(32-11-5-3-6-12-32)50-43(52-45)33-13-7-4-8-14-33/h3-26H,1-2H3. The van der Waals surface area contributed by atoms with Crippen LogP contribution in [0.4, 0.5) is 0 Å². The molecular formula is C45H30N8. The van der Waals surface area contributed by atoms with Crippen LogP contribution in [0, 0.1) is 25.2 Å². The first-order valence-electron chi connectivity index (χ1n) is 17.3. The minimum Gasteiger partial charge on any atom is -0.309 e. The molecule has 0 fully saturated rings. The average Bonchev–Trinajstić information content (AvgIpc) is 3.54. The van der Waals surface area contributed by atoms with Gasteiger partial charge in [-0.25, -0.2) is 29.9 Å². The fourth-order valence-electron chi connectivity index (χ4n) is 6.87. The van der Waals surface area contributed by atoms with Gasteiger partial charge in [-0.1, -0.05) is 97.1 Å². The van der Waals surface area contributed by atoms with Crippen molar-refractivity contribution in [3.05, 3.63) is 163 Å². The van der Waals surface area contributed by atoms with Crippen LogP contribution in [0.15, 0.2) is 146 Å². The van der Waals surface area contributed by atoms with E-state index < -0.39 is 0 Å². The average molecular weight is 683 g/mol. The monoisotopic (exact) mass is 682 g/mol. The highest BCUT2D eigenvalue weighted by Crippen LogP contribution is 2.39. The maximum Gasteiger partial charge on any atom is 0.166 e. The molecule has 53 heavy (non-hydrogen) atoms. The van der Waals surface area contributed by atoms with E-state index in [1.807, 2.05) is 98.8 Å². The van der Waals surface area contributed by atoms with Crippen LogP contribution in [0.5, 0.6) is 0 Å². The largest absolute Gasteiger partial charge is 0.309 e. The number of fused-ring (bicyclic) bond motifs is 3. The molecule has 6 aromatic carbocycles. The van der Waals surface area contributed by atoms with E-state index in [1.165, 1.54) is 0 Å². The summed E-state index contributed by atoms with van der Waals surface area (Å²) in [5.41, 5.74) is 9.07. The van der Waals surface area contributed by atoms with Gasteiger partial charge in [0.2, 0.25) is 0 Å². The van der Waals surface area contributed by atoms with Gasteiger partial charge in [-0.15, -0.1) is 0 Å². The Morgan fingerprint density at radius 2 is 0.981 bits per heavy atom. The van der Waals surface area contributed by atoms with Gasteiger partial charge in [0.1, 0.15) is 11.6 Å². The van der Waals surface area contributed by atoms with Crippen LogP contribution in [0.1, 0.15) is 17.2 Å². The van der Waals surface area contributed by atoms with Crippen molar-refractivity contribution in [1.82, 2.24) is 34.5 Å². The summed E-state index contributed by atoms with van der Waals surface area (Å²) in [6.45, 7) is 3.78. The van der Waals surface area contributed by atoms with Gasteiger partial charge < -0.3 is 4.57 Å². The molecule has 0 unspecified atom stereocenters. The van der Waals surface area contributed by atoms with Crippen LogP contribution in [0.25, 0.3) is 84.2 Å². The first-order valence-corrected chi connectivity index (χ1v) is 17.3. The van der Waals surface area contributed by atoms with Gasteiger partial charge in [0.05, 0.1) is 28.4 Å². The molecular weight excluding hydrogens is 653 g/mol. The van der Waals surface area contributed by atoms with Gasteiger partial charge in [0, 0.05) is 33.0 Å². The van der Waals surface area contributed by atoms with Crippen molar-refractivity contribution < 1.29 is 0 Å². The Hall–Kier alpha value is -7.37. The smallest absolute Gasteiger partial charge is 0.166 e. The van der Waals surface area contributed by atoms with Crippen LogP contribution in [-0.2, 0) is 0 Å². The summed E-state index contributed by atoms with van der Waals surface area (Å²) >= 11 is 0. The van der Waals surface area contributed by atoms with Gasteiger partial charge in [0.25, 0.3) is 0 Å². The molecule has 0 amide bonds. The number of aromatic nitrogens is 7. The first-order chi connectivity index (χ1) is 26.0. The number of nitrogens with zero attached hydrogens (tertiary/aromatic N) is 8. The van der Waals surface area contributed by atoms with E-state index in [-0.39, 0.29) is 0 Å². The van der Waals surface area contributed by atoms with Crippen molar-refractivity contribution in [1.29, 1.82) is 5.26 Å². The summed E-state index contributed by atoms with van der Waals surface area (Å²) in [6.07, 6.45) is 0. The van der Waals surface area contributed by atoms with Gasteiger partial charge in [-0.2, -0.15) is 5.26 Å². The van der Waals surface area contributed by atoms with Crippen molar-refractivity contribution in [2.45, 2.75) is 13.8 Å². The zero-order valence-electron chi connectivity index (χ0n) is 28.9. The quantitative estimate of drug-likeness (QED) is 0.172. The Kier molecular flexibility index (Phi) is 7.79. The van der Waals surface area contributed by atoms with E-state index in [4.69, 9.17) is 15.0 Å². The number of aryl methyl sites for hydroxylation is 2. The molecule has 250 valence electrons. The van der Waals surface area contributed by atoms with Crippen molar-refractivity contribution in [2.24, 2.45) is 0 Å². The molecule has 8 heteroatoms. The summed E-state index contributed by atoms with van der Waals surface area (Å²) in [4.78, 5) is 29.0. The van der Waals surface area contributed by atoms with Crippen molar-refractivity contribution in [3.8, 4) is 68.4 Å². The van der Waals surface area contributed by atoms with Gasteiger partial charge >= 0.3 is 0 Å². The lowest BCUT2D eigenvalue weighted by molar-refractivity contribution is 0.929. The Morgan fingerprint density at radius 1 is 0.434 bits per heavy atom. The lowest BCUT2D eigenvalue weighted by Crippen LogP contribution is -2.04. The van der Waals surface area contributed by atoms with Crippen LogP contribution in [0.2, 0.25) is 0 Å². The van der Waals surface area contributed by atoms with Gasteiger partial charge in [-0.3, -0.25) is 0 Å². The molecule has 0 aliphatic carbocycles. The molecule has 0 N–H and O–H groups in total. The zero-order valence-corrected chi connectivity index (χ0v) is 28.9. The Morgan fingerprint density at radius 3 is 1.64 bits per heavy atom. The highest BCUT2D eigenvalue weighted by atomic mass is 15.1. The third-order valence-electron chi connectivity index (χ3n) is 9.31. The molecule has 0 aliphatic heterocycles. The molecule has 0 atom stereocenters. The summed E-state index contributed by atoms with van der Waals surface area (Å²) in [5, 5.41) is 11.6. The summed E-state index contributed by atoms with van der Waals surface area (Å²) < 4.78 is 2.28. The molecule has 0 saturated heterocycles. The lowest BCUT2D eigenvalue weighted by atomic mass is 10.00. The molecule has 0 bridgehead atoms. The molecule has 0 saturated carbocycles. The number of benzene rings is 6. The zero-order chi connectivity index (χ0) is 35.9. The van der Waals surface area contributed by atoms with E-state index in [9.17, 15) is 5.26 Å². The van der Waals surface area contributed by atoms with Gasteiger partial charge in [-0.05, 0) is 73.5 Å². The van der Waals surface area contributed by atoms with Crippen LogP contribution >= 0.6 is 0 Å². The lowest BCUT2D eigenvalue weighted by Gasteiger charge is -2.16. The molecule has 3 aromatic heterocycles. The maximum atomic E-state index is 9.47. The predicted molar refractivity (Wildman–Crippen MR) is 209 cm³/mol. The summed E-state index contributed by atoms with van der Waals surface area (Å²) in [5.74, 6) is 3.72. The number of para-hydroxylation sites is 1. The third-order valence-corrected chi connectivity index (χ3v) is 9.31. The number of hydrogen-bond donors (Lipinski definition) is 0. The van der Waals surface area contributed by atoms with Gasteiger partial charge in [0.15, 0.2) is 23.3 Å². The molecule has 9 aromatic rings. The predicted octanol–water partition coefficient (Wildman–Crippen LogP) is 9.98. The van der Waals surface area contributed by atoms with E-state index in [2.05, 4.69) is 86.3 Å². The van der Waals surface area contributed by atoms with Crippen LogP contribution < -0.4 is 0 Å². The van der Waals surface area contributed by atoms with Crippen molar-refractivity contribution in [3.63, 3.8) is 0 Å². The van der Waals surface area contributed by atoms with Crippen molar-refractivity contribution in [2.75, 3.05) is 0 Å². The third kappa shape index (κ3) is 5.86. The molecule has 0 radical (unpaired) electrons. The first kappa shape index (κ1) is 31.6. The Bertz CT molecular complexity index is 2780. The summed E-state index contributed by atoms with van der Waals surface area (Å²) in [6, 6.07) is 51.0. The van der Waals surface area contributed by atoms with Crippen LogP contribution in [0.3, 0.4) is 0 Å².